The minimum atomic E-state index is 0.403. The third kappa shape index (κ3) is 7.91. The van der Waals surface area contributed by atoms with Crippen molar-refractivity contribution in [2.24, 2.45) is 0 Å². The molecule has 0 spiro atoms. The predicted octanol–water partition coefficient (Wildman–Crippen LogP) is 15.4. The summed E-state index contributed by atoms with van der Waals surface area (Å²) >= 11 is 0. The Bertz CT molecular complexity index is 4740. The van der Waals surface area contributed by atoms with Crippen LogP contribution in [0.15, 0.2) is 218 Å². The molecule has 0 atom stereocenters. The van der Waals surface area contributed by atoms with Crippen LogP contribution < -0.4 is 0 Å². The van der Waals surface area contributed by atoms with Gasteiger partial charge in [0.25, 0.3) is 0 Å². The van der Waals surface area contributed by atoms with Crippen LogP contribution in [0.1, 0.15) is 27.8 Å². The van der Waals surface area contributed by atoms with Gasteiger partial charge in [0.05, 0.1) is 85.9 Å². The van der Waals surface area contributed by atoms with Crippen LogP contribution in [0, 0.1) is 56.7 Å². The molecule has 0 aliphatic rings. The van der Waals surface area contributed by atoms with Crippen LogP contribution in [-0.4, -0.2) is 24.1 Å². The van der Waals surface area contributed by atoms with Crippen LogP contribution in [0.2, 0.25) is 0 Å². The highest BCUT2D eigenvalue weighted by atomic mass is 15.0. The lowest BCUT2D eigenvalue weighted by Crippen LogP contribution is -2.04. The molecule has 3 heterocycles. The minimum absolute atomic E-state index is 0.403. The first kappa shape index (κ1) is 46.1. The normalized spacial score (nSPS) is 11.0. The number of nitrogens with zero attached hydrogens (tertiary/aromatic N) is 10. The highest BCUT2D eigenvalue weighted by Gasteiger charge is 2.24. The number of fused-ring (bicyclic) bond motifs is 6. The molecule has 0 bridgehead atoms. The van der Waals surface area contributed by atoms with Crippen molar-refractivity contribution in [2.75, 3.05) is 0 Å². The second-order valence-corrected chi connectivity index (χ2v) is 18.8. The van der Waals surface area contributed by atoms with E-state index in [1.807, 2.05) is 127 Å². The number of para-hydroxylation sites is 2. The molecule has 13 aromatic rings. The second-order valence-electron chi connectivity index (χ2n) is 18.8. The van der Waals surface area contributed by atoms with Gasteiger partial charge in [-0.15, -0.1) is 0 Å². The van der Waals surface area contributed by atoms with Gasteiger partial charge in [-0.25, -0.2) is 15.0 Å². The number of rotatable bonds is 8. The van der Waals surface area contributed by atoms with E-state index in [0.717, 1.165) is 99.5 Å². The smallest absolute Gasteiger partial charge is 0.164 e. The topological polar surface area (TPSA) is 167 Å². The van der Waals surface area contributed by atoms with E-state index in [2.05, 4.69) is 106 Å². The molecule has 10 heteroatoms. The maximum absolute atomic E-state index is 10.7. The van der Waals surface area contributed by atoms with Crippen LogP contribution in [0.25, 0.3) is 123 Å². The summed E-state index contributed by atoms with van der Waals surface area (Å²) in [6, 6.07) is 82.3. The van der Waals surface area contributed by atoms with Crippen molar-refractivity contribution in [3.63, 3.8) is 0 Å². The van der Waals surface area contributed by atoms with E-state index in [4.69, 9.17) is 15.0 Å². The molecule has 10 nitrogen and oxygen atoms in total. The molecule has 0 saturated heterocycles. The van der Waals surface area contributed by atoms with Gasteiger partial charge in [0.2, 0.25) is 0 Å². The Morgan fingerprint density at radius 2 is 0.718 bits per heavy atom. The Hall–Kier alpha value is -11.7. The van der Waals surface area contributed by atoms with Gasteiger partial charge in [-0.1, -0.05) is 109 Å². The molecule has 0 N–H and O–H groups in total. The molecule has 0 aliphatic carbocycles. The third-order valence-electron chi connectivity index (χ3n) is 14.3. The molecular weight excluding hydrogens is 957 g/mol. The van der Waals surface area contributed by atoms with Gasteiger partial charge < -0.3 is 9.13 Å². The Balaban J connectivity index is 1.09. The van der Waals surface area contributed by atoms with Crippen molar-refractivity contribution >= 4 is 43.6 Å². The zero-order chi connectivity index (χ0) is 52.9. The summed E-state index contributed by atoms with van der Waals surface area (Å²) in [5, 5.41) is 54.2. The zero-order valence-electron chi connectivity index (χ0n) is 41.3. The van der Waals surface area contributed by atoms with Crippen molar-refractivity contribution in [3.8, 4) is 109 Å². The lowest BCUT2D eigenvalue weighted by molar-refractivity contribution is 1.07. The van der Waals surface area contributed by atoms with E-state index >= 15 is 0 Å². The number of nitriles is 5. The van der Waals surface area contributed by atoms with E-state index in [1.54, 1.807) is 24.3 Å². The summed E-state index contributed by atoms with van der Waals surface area (Å²) in [6.07, 6.45) is 0. The molecule has 0 radical (unpaired) electrons. The third-order valence-corrected chi connectivity index (χ3v) is 14.3. The number of benzene rings is 10. The Morgan fingerprint density at radius 3 is 1.23 bits per heavy atom. The van der Waals surface area contributed by atoms with Crippen LogP contribution in [-0.2, 0) is 0 Å². The maximum Gasteiger partial charge on any atom is 0.164 e. The van der Waals surface area contributed by atoms with E-state index in [9.17, 15) is 26.3 Å². The quantitative estimate of drug-likeness (QED) is 0.145. The lowest BCUT2D eigenvalue weighted by Gasteiger charge is -2.19. The SMILES string of the molecule is N#Cc1cc(C#N)cc(-c2ccc3c(c2)c2ccccc2n3-c2ccc(-c3nc(-c4ccccc4)nc(-c4ccccc4)n3)c(-c3cc(C#N)ccc3-n3c4ccccc4c4cc(-c5cc(C#N)cc(C#N)c5)ccc43)c2)c1. The molecule has 0 saturated carbocycles. The Labute approximate surface area is 447 Å². The Morgan fingerprint density at radius 1 is 0.269 bits per heavy atom. The van der Waals surface area contributed by atoms with Gasteiger partial charge in [0, 0.05) is 49.5 Å². The average molecular weight is 993 g/mol. The molecule has 3 aromatic heterocycles. The van der Waals surface area contributed by atoms with Crippen LogP contribution in [0.4, 0.5) is 0 Å². The molecule has 13 rings (SSSR count). The first-order valence-electron chi connectivity index (χ1n) is 24.9. The van der Waals surface area contributed by atoms with Gasteiger partial charge in [-0.05, 0) is 137 Å². The molecule has 0 fully saturated rings. The summed E-state index contributed by atoms with van der Waals surface area (Å²) < 4.78 is 4.47. The Kier molecular flexibility index (Phi) is 11.2. The van der Waals surface area contributed by atoms with Gasteiger partial charge >= 0.3 is 0 Å². The van der Waals surface area contributed by atoms with Gasteiger partial charge in [0.15, 0.2) is 17.5 Å². The highest BCUT2D eigenvalue weighted by Crippen LogP contribution is 2.44. The van der Waals surface area contributed by atoms with Crippen molar-refractivity contribution in [2.45, 2.75) is 0 Å². The monoisotopic (exact) mass is 992 g/mol. The van der Waals surface area contributed by atoms with E-state index in [1.165, 1.54) is 0 Å². The largest absolute Gasteiger partial charge is 0.309 e. The molecule has 0 unspecified atom stereocenters. The van der Waals surface area contributed by atoms with E-state index in [-0.39, 0.29) is 0 Å². The van der Waals surface area contributed by atoms with Crippen molar-refractivity contribution in [3.05, 3.63) is 246 Å². The summed E-state index contributed by atoms with van der Waals surface area (Å²) in [6.45, 7) is 0. The molecule has 0 aliphatic heterocycles. The van der Waals surface area contributed by atoms with Crippen molar-refractivity contribution in [1.82, 2.24) is 24.1 Å². The lowest BCUT2D eigenvalue weighted by atomic mass is 9.94. The standard InChI is InChI=1S/C68H36N10/c69-37-42-19-24-64(78-62-18-10-8-16-55(62)60-35-50(21-26-65(60)78)52-31-45(40-72)28-46(32-52)41-73)58(33-42)57-36-53(22-23-56(57)68-75-66(47-11-3-1-4-12-47)74-67(76-68)48-13-5-2-6-14-48)77-61-17-9-7-15-54(61)59-34-49(20-25-63(59)77)51-29-43(38-70)27-44(30-51)39-71/h1-36H. The van der Waals surface area contributed by atoms with Crippen LogP contribution in [0.5, 0.6) is 0 Å². The van der Waals surface area contributed by atoms with Gasteiger partial charge in [-0.3, -0.25) is 0 Å². The van der Waals surface area contributed by atoms with E-state index in [0.29, 0.717) is 50.9 Å². The zero-order valence-corrected chi connectivity index (χ0v) is 41.3. The fourth-order valence-corrected chi connectivity index (χ4v) is 10.7. The van der Waals surface area contributed by atoms with Gasteiger partial charge in [-0.2, -0.15) is 26.3 Å². The fourth-order valence-electron chi connectivity index (χ4n) is 10.7. The molecule has 0 amide bonds. The minimum Gasteiger partial charge on any atom is -0.309 e. The summed E-state index contributed by atoms with van der Waals surface area (Å²) in [4.78, 5) is 15.6. The van der Waals surface area contributed by atoms with Crippen LogP contribution >= 0.6 is 0 Å². The molecule has 78 heavy (non-hydrogen) atoms. The predicted molar refractivity (Wildman–Crippen MR) is 305 cm³/mol. The van der Waals surface area contributed by atoms with E-state index < -0.39 is 0 Å². The summed E-state index contributed by atoms with van der Waals surface area (Å²) in [7, 11) is 0. The number of hydrogen-bond donors (Lipinski definition) is 0. The number of aromatic nitrogens is 5. The summed E-state index contributed by atoms with van der Waals surface area (Å²) in [5.41, 5.74) is 14.5. The number of hydrogen-bond acceptors (Lipinski definition) is 8. The molecule has 10 aromatic carbocycles. The average Bonchev–Trinajstić information content (AvgIpc) is 4.25. The molecular formula is C68H36N10. The van der Waals surface area contributed by atoms with Crippen molar-refractivity contribution < 1.29 is 0 Å². The first-order chi connectivity index (χ1) is 38.4. The van der Waals surface area contributed by atoms with Gasteiger partial charge in [0.1, 0.15) is 0 Å². The second kappa shape index (κ2) is 18.9. The maximum atomic E-state index is 10.7. The summed E-state index contributed by atoms with van der Waals surface area (Å²) in [5.74, 6) is 1.44. The highest BCUT2D eigenvalue weighted by molar-refractivity contribution is 6.12. The first-order valence-corrected chi connectivity index (χ1v) is 24.9. The van der Waals surface area contributed by atoms with Crippen LogP contribution in [0.3, 0.4) is 0 Å². The molecule has 358 valence electrons. The van der Waals surface area contributed by atoms with Crippen molar-refractivity contribution in [1.29, 1.82) is 26.3 Å². The fraction of sp³-hybridized carbons (Fsp3) is 0.